The summed E-state index contributed by atoms with van der Waals surface area (Å²) in [5, 5.41) is 19.1. The Labute approximate surface area is 126 Å². The first-order valence-corrected chi connectivity index (χ1v) is 7.95. The summed E-state index contributed by atoms with van der Waals surface area (Å²) in [5.74, 6) is 0.826. The van der Waals surface area contributed by atoms with E-state index in [1.54, 1.807) is 16.7 Å². The molecule has 1 saturated heterocycles. The second-order valence-corrected chi connectivity index (χ2v) is 6.28. The van der Waals surface area contributed by atoms with Gasteiger partial charge in [-0.15, -0.1) is 5.10 Å². The number of thioether (sulfide) groups is 1. The summed E-state index contributed by atoms with van der Waals surface area (Å²) < 4.78 is 1.50. The number of likely N-dealkylation sites (tertiary alicyclic amines) is 1. The lowest BCUT2D eigenvalue weighted by atomic mass is 10.1. The van der Waals surface area contributed by atoms with Gasteiger partial charge in [0.15, 0.2) is 5.69 Å². The average molecular weight is 313 g/mol. The van der Waals surface area contributed by atoms with Crippen molar-refractivity contribution in [2.75, 3.05) is 24.6 Å². The first-order valence-electron chi connectivity index (χ1n) is 6.79. The largest absolute Gasteiger partial charge is 0.476 e. The summed E-state index contributed by atoms with van der Waals surface area (Å²) in [6.45, 7) is 5.10. The van der Waals surface area contributed by atoms with Crippen molar-refractivity contribution in [3.8, 4) is 0 Å². The molecule has 2 amide bonds. The standard InChI is InChI=1S/C12H19N5O3S/c1-3-21-7-8(2)13-12(20)16-4-9(5-16)17-6-10(11(18)19)14-15-17/h6,8-9H,3-5,7H2,1-2H3,(H,13,20)(H,18,19). The Kier molecular flexibility index (Phi) is 5.05. The van der Waals surface area contributed by atoms with Crippen LogP contribution >= 0.6 is 11.8 Å². The number of hydrogen-bond acceptors (Lipinski definition) is 5. The monoisotopic (exact) mass is 313 g/mol. The highest BCUT2D eigenvalue weighted by Gasteiger charge is 2.33. The van der Waals surface area contributed by atoms with Crippen molar-refractivity contribution in [3.05, 3.63) is 11.9 Å². The smallest absolute Gasteiger partial charge is 0.358 e. The van der Waals surface area contributed by atoms with Gasteiger partial charge in [0.25, 0.3) is 0 Å². The second kappa shape index (κ2) is 6.79. The summed E-state index contributed by atoms with van der Waals surface area (Å²) in [4.78, 5) is 24.4. The number of aromatic carboxylic acids is 1. The molecule has 1 aliphatic rings. The van der Waals surface area contributed by atoms with Crippen LogP contribution in [0, 0.1) is 0 Å². The number of hydrogen-bond donors (Lipinski definition) is 2. The molecule has 0 bridgehead atoms. The third kappa shape index (κ3) is 3.87. The Morgan fingerprint density at radius 3 is 2.86 bits per heavy atom. The molecule has 2 heterocycles. The van der Waals surface area contributed by atoms with Gasteiger partial charge in [-0.05, 0) is 12.7 Å². The molecule has 1 unspecified atom stereocenters. The number of rotatable bonds is 6. The van der Waals surface area contributed by atoms with Crippen molar-refractivity contribution in [3.63, 3.8) is 0 Å². The van der Waals surface area contributed by atoms with E-state index in [4.69, 9.17) is 5.11 Å². The highest BCUT2D eigenvalue weighted by molar-refractivity contribution is 7.99. The van der Waals surface area contributed by atoms with E-state index < -0.39 is 5.97 Å². The Hall–Kier alpha value is -1.77. The molecule has 1 fully saturated rings. The predicted octanol–water partition coefficient (Wildman–Crippen LogP) is 0.684. The number of carboxylic acids is 1. The van der Waals surface area contributed by atoms with Gasteiger partial charge >= 0.3 is 12.0 Å². The van der Waals surface area contributed by atoms with Crippen molar-refractivity contribution in [1.29, 1.82) is 0 Å². The number of amides is 2. The van der Waals surface area contributed by atoms with Gasteiger partial charge in [0.05, 0.1) is 12.2 Å². The summed E-state index contributed by atoms with van der Waals surface area (Å²) in [6.07, 6.45) is 1.39. The molecule has 8 nitrogen and oxygen atoms in total. The Morgan fingerprint density at radius 2 is 2.29 bits per heavy atom. The zero-order chi connectivity index (χ0) is 15.4. The van der Waals surface area contributed by atoms with Crippen LogP contribution in [0.2, 0.25) is 0 Å². The third-order valence-corrected chi connectivity index (χ3v) is 4.34. The lowest BCUT2D eigenvalue weighted by molar-refractivity contribution is 0.0690. The first kappa shape index (κ1) is 15.6. The fourth-order valence-corrected chi connectivity index (χ4v) is 2.65. The number of nitrogens with one attached hydrogen (secondary N) is 1. The Morgan fingerprint density at radius 1 is 1.57 bits per heavy atom. The van der Waals surface area contributed by atoms with Crippen LogP contribution in [0.15, 0.2) is 6.20 Å². The lowest BCUT2D eigenvalue weighted by Gasteiger charge is -2.39. The molecule has 0 radical (unpaired) electrons. The number of nitrogens with zero attached hydrogens (tertiary/aromatic N) is 4. The van der Waals surface area contributed by atoms with Gasteiger partial charge in [-0.25, -0.2) is 14.3 Å². The fourth-order valence-electron chi connectivity index (χ4n) is 1.98. The van der Waals surface area contributed by atoms with Crippen LogP contribution in [0.4, 0.5) is 4.79 Å². The van der Waals surface area contributed by atoms with Gasteiger partial charge < -0.3 is 15.3 Å². The van der Waals surface area contributed by atoms with E-state index in [9.17, 15) is 9.59 Å². The summed E-state index contributed by atoms with van der Waals surface area (Å²) in [7, 11) is 0. The minimum Gasteiger partial charge on any atom is -0.476 e. The van der Waals surface area contributed by atoms with Crippen molar-refractivity contribution in [2.24, 2.45) is 0 Å². The molecular weight excluding hydrogens is 294 g/mol. The van der Waals surface area contributed by atoms with Crippen LogP contribution in [-0.2, 0) is 0 Å². The zero-order valence-corrected chi connectivity index (χ0v) is 12.8. The minimum atomic E-state index is -1.10. The highest BCUT2D eigenvalue weighted by Crippen LogP contribution is 2.20. The molecule has 0 aliphatic carbocycles. The summed E-state index contributed by atoms with van der Waals surface area (Å²) in [6, 6.07) is 0.0391. The number of urea groups is 1. The number of aromatic nitrogens is 3. The van der Waals surface area contributed by atoms with Crippen LogP contribution in [-0.4, -0.2) is 67.6 Å². The van der Waals surface area contributed by atoms with Crippen LogP contribution in [0.1, 0.15) is 30.4 Å². The fraction of sp³-hybridized carbons (Fsp3) is 0.667. The number of carbonyl (C=O) groups is 2. The van der Waals surface area contributed by atoms with E-state index in [2.05, 4.69) is 22.6 Å². The normalized spacial score (nSPS) is 16.4. The van der Waals surface area contributed by atoms with E-state index >= 15 is 0 Å². The van der Waals surface area contributed by atoms with E-state index in [0.717, 1.165) is 11.5 Å². The second-order valence-electron chi connectivity index (χ2n) is 4.96. The van der Waals surface area contributed by atoms with Crippen LogP contribution in [0.25, 0.3) is 0 Å². The Balaban J connectivity index is 1.77. The molecular formula is C12H19N5O3S. The van der Waals surface area contributed by atoms with Gasteiger partial charge in [0.1, 0.15) is 0 Å². The van der Waals surface area contributed by atoms with Gasteiger partial charge in [0, 0.05) is 24.9 Å². The molecule has 21 heavy (non-hydrogen) atoms. The predicted molar refractivity (Wildman–Crippen MR) is 78.6 cm³/mol. The zero-order valence-electron chi connectivity index (χ0n) is 12.0. The average Bonchev–Trinajstić information content (AvgIpc) is 2.84. The van der Waals surface area contributed by atoms with Crippen LogP contribution in [0.3, 0.4) is 0 Å². The Bertz CT molecular complexity index is 515. The van der Waals surface area contributed by atoms with Crippen molar-refractivity contribution < 1.29 is 14.7 Å². The maximum atomic E-state index is 12.0. The van der Waals surface area contributed by atoms with E-state index in [1.807, 2.05) is 6.92 Å². The molecule has 1 aromatic rings. The number of carboxylic acid groups (broad SMARTS) is 1. The highest BCUT2D eigenvalue weighted by atomic mass is 32.2. The molecule has 116 valence electrons. The molecule has 1 aromatic heterocycles. The van der Waals surface area contributed by atoms with E-state index in [-0.39, 0.29) is 23.8 Å². The van der Waals surface area contributed by atoms with E-state index in [1.165, 1.54) is 10.9 Å². The van der Waals surface area contributed by atoms with Crippen LogP contribution < -0.4 is 5.32 Å². The summed E-state index contributed by atoms with van der Waals surface area (Å²) >= 11 is 1.79. The topological polar surface area (TPSA) is 100 Å². The van der Waals surface area contributed by atoms with Crippen molar-refractivity contribution in [2.45, 2.75) is 25.9 Å². The van der Waals surface area contributed by atoms with Crippen molar-refractivity contribution in [1.82, 2.24) is 25.2 Å². The molecule has 0 saturated carbocycles. The van der Waals surface area contributed by atoms with Crippen molar-refractivity contribution >= 4 is 23.8 Å². The molecule has 2 N–H and O–H groups in total. The first-order chi connectivity index (χ1) is 10.0. The molecule has 1 aliphatic heterocycles. The van der Waals surface area contributed by atoms with Gasteiger partial charge in [-0.3, -0.25) is 0 Å². The van der Waals surface area contributed by atoms with Crippen LogP contribution in [0.5, 0.6) is 0 Å². The quantitative estimate of drug-likeness (QED) is 0.801. The molecule has 2 rings (SSSR count). The number of carbonyl (C=O) groups excluding carboxylic acids is 1. The molecule has 0 spiro atoms. The van der Waals surface area contributed by atoms with E-state index in [0.29, 0.717) is 13.1 Å². The SMILES string of the molecule is CCSCC(C)NC(=O)N1CC(n2cc(C(=O)O)nn2)C1. The molecule has 9 heteroatoms. The maximum absolute atomic E-state index is 12.0. The minimum absolute atomic E-state index is 0.00308. The molecule has 1 atom stereocenters. The lowest BCUT2D eigenvalue weighted by Crippen LogP contribution is -2.56. The third-order valence-electron chi connectivity index (χ3n) is 3.19. The molecule has 0 aromatic carbocycles. The van der Waals surface area contributed by atoms with Gasteiger partial charge in [-0.1, -0.05) is 12.1 Å². The maximum Gasteiger partial charge on any atom is 0.358 e. The van der Waals surface area contributed by atoms with Gasteiger partial charge in [0.2, 0.25) is 0 Å². The van der Waals surface area contributed by atoms with Gasteiger partial charge in [-0.2, -0.15) is 11.8 Å². The summed E-state index contributed by atoms with van der Waals surface area (Å²) in [5.41, 5.74) is -0.0804.